The Kier molecular flexibility index (Phi) is 5.40. The number of halogens is 1. The predicted octanol–water partition coefficient (Wildman–Crippen LogP) is 1.93. The van der Waals surface area contributed by atoms with Gasteiger partial charge in [-0.05, 0) is 36.2 Å². The minimum absolute atomic E-state index is 0.00162. The second kappa shape index (κ2) is 8.10. The van der Waals surface area contributed by atoms with Gasteiger partial charge in [-0.25, -0.2) is 9.97 Å². The molecule has 2 aliphatic rings. The monoisotopic (exact) mass is 388 g/mol. The number of ether oxygens (including phenoxy) is 2. The fourth-order valence-corrected chi connectivity index (χ4v) is 3.31. The van der Waals surface area contributed by atoms with Crippen molar-refractivity contribution in [2.45, 2.75) is 13.0 Å². The van der Waals surface area contributed by atoms with Crippen LogP contribution in [-0.4, -0.2) is 60.2 Å². The van der Waals surface area contributed by atoms with Gasteiger partial charge in [0, 0.05) is 30.9 Å². The molecule has 1 fully saturated rings. The molecule has 2 aliphatic heterocycles. The number of fused-ring (bicyclic) bond motifs is 1. The summed E-state index contributed by atoms with van der Waals surface area (Å²) in [4.78, 5) is 25.6. The number of aromatic nitrogens is 2. The quantitative estimate of drug-likeness (QED) is 0.797. The summed E-state index contributed by atoms with van der Waals surface area (Å²) in [6, 6.07) is 6.98. The number of carbonyl (C=O) groups excluding carboxylic acids is 1. The zero-order valence-corrected chi connectivity index (χ0v) is 15.7. The van der Waals surface area contributed by atoms with Crippen LogP contribution in [0.1, 0.15) is 11.3 Å². The molecule has 2 aromatic rings. The maximum Gasteiger partial charge on any atom is 0.260 e. The van der Waals surface area contributed by atoms with E-state index in [1.54, 1.807) is 29.2 Å². The van der Waals surface area contributed by atoms with Crippen LogP contribution in [0.5, 0.6) is 5.75 Å². The SMILES string of the molecule is O=C(COc1ccc(Cl)cc1)N1CCc2cnc(N3CCOCC3)nc2C1. The van der Waals surface area contributed by atoms with E-state index < -0.39 is 0 Å². The average molecular weight is 389 g/mol. The van der Waals surface area contributed by atoms with E-state index in [4.69, 9.17) is 26.1 Å². The van der Waals surface area contributed by atoms with E-state index in [0.29, 0.717) is 43.0 Å². The molecule has 8 heteroatoms. The maximum atomic E-state index is 12.5. The molecule has 7 nitrogen and oxygen atoms in total. The molecule has 142 valence electrons. The Morgan fingerprint density at radius 1 is 1.19 bits per heavy atom. The third-order valence-electron chi connectivity index (χ3n) is 4.76. The van der Waals surface area contributed by atoms with Crippen LogP contribution < -0.4 is 9.64 Å². The topological polar surface area (TPSA) is 67.8 Å². The molecular formula is C19H21ClN4O3. The maximum absolute atomic E-state index is 12.5. The summed E-state index contributed by atoms with van der Waals surface area (Å²) in [7, 11) is 0. The predicted molar refractivity (Wildman–Crippen MR) is 101 cm³/mol. The second-order valence-electron chi connectivity index (χ2n) is 6.55. The molecule has 0 aliphatic carbocycles. The van der Waals surface area contributed by atoms with Gasteiger partial charge in [0.15, 0.2) is 6.61 Å². The van der Waals surface area contributed by atoms with Crippen molar-refractivity contribution in [3.63, 3.8) is 0 Å². The average Bonchev–Trinajstić information content (AvgIpc) is 2.73. The Balaban J connectivity index is 1.39. The molecule has 27 heavy (non-hydrogen) atoms. The minimum atomic E-state index is -0.0536. The Labute approximate surface area is 162 Å². The molecule has 1 aromatic carbocycles. The van der Waals surface area contributed by atoms with Crippen LogP contribution in [0, 0.1) is 0 Å². The van der Waals surface area contributed by atoms with Gasteiger partial charge < -0.3 is 19.3 Å². The van der Waals surface area contributed by atoms with Crippen molar-refractivity contribution < 1.29 is 14.3 Å². The third kappa shape index (κ3) is 4.31. The van der Waals surface area contributed by atoms with Gasteiger partial charge in [0.25, 0.3) is 5.91 Å². The van der Waals surface area contributed by atoms with Crippen LogP contribution in [0.2, 0.25) is 5.02 Å². The molecule has 0 unspecified atom stereocenters. The number of carbonyl (C=O) groups is 1. The summed E-state index contributed by atoms with van der Waals surface area (Å²) in [5.74, 6) is 1.29. The van der Waals surface area contributed by atoms with E-state index in [1.807, 2.05) is 6.20 Å². The minimum Gasteiger partial charge on any atom is -0.484 e. The zero-order chi connectivity index (χ0) is 18.6. The van der Waals surface area contributed by atoms with Gasteiger partial charge in [0.1, 0.15) is 5.75 Å². The summed E-state index contributed by atoms with van der Waals surface area (Å²) >= 11 is 5.86. The van der Waals surface area contributed by atoms with Crippen LogP contribution in [0.3, 0.4) is 0 Å². The van der Waals surface area contributed by atoms with Crippen molar-refractivity contribution in [3.05, 3.63) is 46.7 Å². The van der Waals surface area contributed by atoms with Crippen LogP contribution in [0.15, 0.2) is 30.5 Å². The molecule has 1 saturated heterocycles. The van der Waals surface area contributed by atoms with E-state index in [0.717, 1.165) is 30.8 Å². The summed E-state index contributed by atoms with van der Waals surface area (Å²) < 4.78 is 11.0. The molecule has 1 amide bonds. The Hall–Kier alpha value is -2.38. The number of hydrogen-bond donors (Lipinski definition) is 0. The standard InChI is InChI=1S/C19H21ClN4O3/c20-15-1-3-16(4-2-15)27-13-18(25)24-6-5-14-11-21-19(22-17(14)12-24)23-7-9-26-10-8-23/h1-4,11H,5-10,12-13H2. The summed E-state index contributed by atoms with van der Waals surface area (Å²) in [6.07, 6.45) is 2.64. The van der Waals surface area contributed by atoms with Gasteiger partial charge in [-0.1, -0.05) is 11.6 Å². The third-order valence-corrected chi connectivity index (χ3v) is 5.01. The summed E-state index contributed by atoms with van der Waals surface area (Å²) in [6.45, 7) is 4.08. The molecular weight excluding hydrogens is 368 g/mol. The normalized spacial score (nSPS) is 16.8. The lowest BCUT2D eigenvalue weighted by molar-refractivity contribution is -0.134. The van der Waals surface area contributed by atoms with Gasteiger partial charge >= 0.3 is 0 Å². The van der Waals surface area contributed by atoms with Crippen molar-refractivity contribution in [2.75, 3.05) is 44.4 Å². The van der Waals surface area contributed by atoms with Crippen molar-refractivity contribution in [2.24, 2.45) is 0 Å². The molecule has 0 spiro atoms. The Morgan fingerprint density at radius 3 is 2.74 bits per heavy atom. The lowest BCUT2D eigenvalue weighted by Crippen LogP contribution is -2.40. The number of nitrogens with zero attached hydrogens (tertiary/aromatic N) is 4. The van der Waals surface area contributed by atoms with Gasteiger partial charge in [-0.15, -0.1) is 0 Å². The van der Waals surface area contributed by atoms with Crippen LogP contribution in [-0.2, 0) is 22.5 Å². The fourth-order valence-electron chi connectivity index (χ4n) is 3.19. The highest BCUT2D eigenvalue weighted by Gasteiger charge is 2.24. The smallest absolute Gasteiger partial charge is 0.260 e. The van der Waals surface area contributed by atoms with E-state index in [2.05, 4.69) is 9.88 Å². The first kappa shape index (κ1) is 18.0. The van der Waals surface area contributed by atoms with Gasteiger partial charge in [-0.2, -0.15) is 0 Å². The number of benzene rings is 1. The Bertz CT molecular complexity index is 809. The zero-order valence-electron chi connectivity index (χ0n) is 14.9. The van der Waals surface area contributed by atoms with Crippen molar-refractivity contribution >= 4 is 23.5 Å². The first-order valence-corrected chi connectivity index (χ1v) is 9.40. The fraction of sp³-hybridized carbons (Fsp3) is 0.421. The molecule has 0 atom stereocenters. The van der Waals surface area contributed by atoms with E-state index in [9.17, 15) is 4.79 Å². The van der Waals surface area contributed by atoms with Crippen molar-refractivity contribution in [1.82, 2.24) is 14.9 Å². The van der Waals surface area contributed by atoms with E-state index in [1.165, 1.54) is 0 Å². The van der Waals surface area contributed by atoms with Crippen molar-refractivity contribution in [1.29, 1.82) is 0 Å². The lowest BCUT2D eigenvalue weighted by atomic mass is 10.1. The van der Waals surface area contributed by atoms with E-state index in [-0.39, 0.29) is 12.5 Å². The lowest BCUT2D eigenvalue weighted by Gasteiger charge is -2.30. The van der Waals surface area contributed by atoms with Gasteiger partial charge in [0.05, 0.1) is 25.5 Å². The highest BCUT2D eigenvalue weighted by molar-refractivity contribution is 6.30. The molecule has 0 N–H and O–H groups in total. The largest absolute Gasteiger partial charge is 0.484 e. The first-order chi connectivity index (χ1) is 13.2. The highest BCUT2D eigenvalue weighted by atomic mass is 35.5. The van der Waals surface area contributed by atoms with Crippen molar-refractivity contribution in [3.8, 4) is 5.75 Å². The number of hydrogen-bond acceptors (Lipinski definition) is 6. The molecule has 3 heterocycles. The molecule has 1 aromatic heterocycles. The molecule has 0 bridgehead atoms. The number of anilines is 1. The van der Waals surface area contributed by atoms with Crippen LogP contribution in [0.4, 0.5) is 5.95 Å². The highest BCUT2D eigenvalue weighted by Crippen LogP contribution is 2.20. The van der Waals surface area contributed by atoms with Gasteiger partial charge in [0.2, 0.25) is 5.95 Å². The van der Waals surface area contributed by atoms with E-state index >= 15 is 0 Å². The Morgan fingerprint density at radius 2 is 1.96 bits per heavy atom. The first-order valence-electron chi connectivity index (χ1n) is 9.03. The number of amides is 1. The summed E-state index contributed by atoms with van der Waals surface area (Å²) in [5, 5.41) is 0.636. The van der Waals surface area contributed by atoms with Crippen LogP contribution in [0.25, 0.3) is 0 Å². The second-order valence-corrected chi connectivity index (χ2v) is 6.99. The molecule has 0 radical (unpaired) electrons. The van der Waals surface area contributed by atoms with Gasteiger partial charge in [-0.3, -0.25) is 4.79 Å². The number of rotatable bonds is 4. The number of morpholine rings is 1. The summed E-state index contributed by atoms with van der Waals surface area (Å²) in [5.41, 5.74) is 2.02. The molecule has 0 saturated carbocycles. The van der Waals surface area contributed by atoms with Crippen LogP contribution >= 0.6 is 11.6 Å². The molecule has 4 rings (SSSR count).